The smallest absolute Gasteiger partial charge is 0.181 e. The Hall–Kier alpha value is -2.23. The predicted molar refractivity (Wildman–Crippen MR) is 73.8 cm³/mol. The Labute approximate surface area is 110 Å². The molecule has 2 aromatic heterocycles. The second kappa shape index (κ2) is 3.88. The number of rotatable bonds is 2. The molecule has 1 aliphatic rings. The van der Waals surface area contributed by atoms with Crippen molar-refractivity contribution in [3.63, 3.8) is 0 Å². The fraction of sp³-hybridized carbons (Fsp3) is 0.267. The van der Waals surface area contributed by atoms with E-state index in [1.54, 1.807) is 0 Å². The van der Waals surface area contributed by atoms with Crippen LogP contribution < -0.4 is 0 Å². The number of H-pyrrole nitrogens is 1. The average Bonchev–Trinajstić information content (AvgIpc) is 3.16. The van der Waals surface area contributed by atoms with Gasteiger partial charge in [0, 0.05) is 22.6 Å². The van der Waals surface area contributed by atoms with Gasteiger partial charge in [0.15, 0.2) is 5.82 Å². The van der Waals surface area contributed by atoms with Gasteiger partial charge in [-0.15, -0.1) is 0 Å². The van der Waals surface area contributed by atoms with Crippen LogP contribution in [0.25, 0.3) is 22.3 Å². The van der Waals surface area contributed by atoms with Crippen LogP contribution in [0.3, 0.4) is 0 Å². The maximum Gasteiger partial charge on any atom is 0.181 e. The molecule has 0 bridgehead atoms. The summed E-state index contributed by atoms with van der Waals surface area (Å²) in [4.78, 5) is 9.19. The number of nitrogens with zero attached hydrogens (tertiary/aromatic N) is 3. The maximum atomic E-state index is 4.64. The molecular weight excluding hydrogens is 236 g/mol. The van der Waals surface area contributed by atoms with Crippen molar-refractivity contribution in [3.8, 4) is 11.4 Å². The number of fused-ring (bicyclic) bond motifs is 1. The fourth-order valence-corrected chi connectivity index (χ4v) is 2.43. The summed E-state index contributed by atoms with van der Waals surface area (Å²) in [6.07, 6.45) is 2.45. The largest absolute Gasteiger partial charge is 0.262 e. The van der Waals surface area contributed by atoms with Gasteiger partial charge in [0.25, 0.3) is 0 Å². The molecule has 0 unspecified atom stereocenters. The van der Waals surface area contributed by atoms with Crippen molar-refractivity contribution in [2.24, 2.45) is 0 Å². The molecule has 0 amide bonds. The van der Waals surface area contributed by atoms with E-state index in [-0.39, 0.29) is 0 Å². The topological polar surface area (TPSA) is 54.5 Å². The number of nitrogens with one attached hydrogen (secondary N) is 1. The van der Waals surface area contributed by atoms with E-state index in [2.05, 4.69) is 32.3 Å². The summed E-state index contributed by atoms with van der Waals surface area (Å²) in [7, 11) is 0. The van der Waals surface area contributed by atoms with Crippen molar-refractivity contribution in [2.45, 2.75) is 25.7 Å². The third-order valence-corrected chi connectivity index (χ3v) is 3.55. The zero-order valence-corrected chi connectivity index (χ0v) is 10.7. The van der Waals surface area contributed by atoms with E-state index in [9.17, 15) is 0 Å². The highest BCUT2D eigenvalue weighted by molar-refractivity contribution is 5.92. The van der Waals surface area contributed by atoms with Crippen molar-refractivity contribution in [2.75, 3.05) is 0 Å². The van der Waals surface area contributed by atoms with Crippen LogP contribution >= 0.6 is 0 Å². The highest BCUT2D eigenvalue weighted by atomic mass is 15.2. The lowest BCUT2D eigenvalue weighted by atomic mass is 10.1. The summed E-state index contributed by atoms with van der Waals surface area (Å²) in [5.41, 5.74) is 3.05. The van der Waals surface area contributed by atoms with Gasteiger partial charge < -0.3 is 0 Å². The SMILES string of the molecule is Cc1cc(-c2n[nH]c(C3CC3)n2)c2ccccc2n1. The van der Waals surface area contributed by atoms with Gasteiger partial charge in [0.1, 0.15) is 5.82 Å². The molecule has 1 aliphatic carbocycles. The monoisotopic (exact) mass is 250 g/mol. The first kappa shape index (κ1) is 10.7. The number of aromatic amines is 1. The number of hydrogen-bond acceptors (Lipinski definition) is 3. The van der Waals surface area contributed by atoms with Crippen LogP contribution in [-0.2, 0) is 0 Å². The summed E-state index contributed by atoms with van der Waals surface area (Å²) in [6, 6.07) is 10.2. The highest BCUT2D eigenvalue weighted by Gasteiger charge is 2.27. The zero-order valence-electron chi connectivity index (χ0n) is 10.7. The highest BCUT2D eigenvalue weighted by Crippen LogP contribution is 2.38. The minimum absolute atomic E-state index is 0.593. The van der Waals surface area contributed by atoms with Crippen LogP contribution in [0.1, 0.15) is 30.3 Å². The van der Waals surface area contributed by atoms with E-state index in [1.807, 2.05) is 25.1 Å². The van der Waals surface area contributed by atoms with E-state index in [4.69, 9.17) is 0 Å². The van der Waals surface area contributed by atoms with Gasteiger partial charge in [0.2, 0.25) is 0 Å². The Kier molecular flexibility index (Phi) is 2.18. The van der Waals surface area contributed by atoms with Gasteiger partial charge in [-0.3, -0.25) is 10.1 Å². The second-order valence-electron chi connectivity index (χ2n) is 5.15. The van der Waals surface area contributed by atoms with Gasteiger partial charge in [-0.2, -0.15) is 5.10 Å². The van der Waals surface area contributed by atoms with Gasteiger partial charge in [-0.1, -0.05) is 18.2 Å². The molecule has 0 saturated heterocycles. The molecular formula is C15H14N4. The molecule has 94 valence electrons. The van der Waals surface area contributed by atoms with Crippen LogP contribution in [0.2, 0.25) is 0 Å². The minimum atomic E-state index is 0.593. The number of benzene rings is 1. The van der Waals surface area contributed by atoms with Crippen molar-refractivity contribution in [1.29, 1.82) is 0 Å². The maximum absolute atomic E-state index is 4.64. The first-order chi connectivity index (χ1) is 9.31. The molecule has 4 heteroatoms. The van der Waals surface area contributed by atoms with Crippen LogP contribution in [0, 0.1) is 6.92 Å². The first-order valence-electron chi connectivity index (χ1n) is 6.60. The quantitative estimate of drug-likeness (QED) is 0.759. The lowest BCUT2D eigenvalue weighted by Gasteiger charge is -2.04. The Bertz CT molecular complexity index is 756. The molecule has 1 aromatic carbocycles. The molecule has 4 rings (SSSR count). The van der Waals surface area contributed by atoms with E-state index < -0.39 is 0 Å². The number of aromatic nitrogens is 4. The van der Waals surface area contributed by atoms with Crippen molar-refractivity contribution >= 4 is 10.9 Å². The van der Waals surface area contributed by atoms with E-state index in [1.165, 1.54) is 12.8 Å². The number of pyridine rings is 1. The summed E-state index contributed by atoms with van der Waals surface area (Å²) >= 11 is 0. The molecule has 2 heterocycles. The molecule has 0 spiro atoms. The van der Waals surface area contributed by atoms with E-state index in [0.717, 1.165) is 33.8 Å². The zero-order chi connectivity index (χ0) is 12.8. The van der Waals surface area contributed by atoms with Gasteiger partial charge in [0.05, 0.1) is 5.52 Å². The van der Waals surface area contributed by atoms with Gasteiger partial charge >= 0.3 is 0 Å². The lowest BCUT2D eigenvalue weighted by molar-refractivity contribution is 0.935. The molecule has 19 heavy (non-hydrogen) atoms. The summed E-state index contributed by atoms with van der Waals surface area (Å²) in [6.45, 7) is 2.00. The summed E-state index contributed by atoms with van der Waals surface area (Å²) in [5, 5.41) is 8.55. The minimum Gasteiger partial charge on any atom is -0.262 e. The third kappa shape index (κ3) is 1.80. The lowest BCUT2D eigenvalue weighted by Crippen LogP contribution is -1.90. The molecule has 4 nitrogen and oxygen atoms in total. The average molecular weight is 250 g/mol. The summed E-state index contributed by atoms with van der Waals surface area (Å²) in [5.74, 6) is 2.40. The molecule has 0 radical (unpaired) electrons. The molecule has 0 atom stereocenters. The van der Waals surface area contributed by atoms with Crippen LogP contribution in [-0.4, -0.2) is 20.2 Å². The third-order valence-electron chi connectivity index (χ3n) is 3.55. The van der Waals surface area contributed by atoms with Gasteiger partial charge in [-0.25, -0.2) is 4.98 Å². The van der Waals surface area contributed by atoms with E-state index in [0.29, 0.717) is 5.92 Å². The van der Waals surface area contributed by atoms with Crippen LogP contribution in [0.5, 0.6) is 0 Å². The molecule has 1 N–H and O–H groups in total. The molecule has 0 aliphatic heterocycles. The Morgan fingerprint density at radius 1 is 1.16 bits per heavy atom. The van der Waals surface area contributed by atoms with Crippen LogP contribution in [0.15, 0.2) is 30.3 Å². The second-order valence-corrected chi connectivity index (χ2v) is 5.15. The van der Waals surface area contributed by atoms with Crippen molar-refractivity contribution < 1.29 is 0 Å². The number of aryl methyl sites for hydroxylation is 1. The normalized spacial score (nSPS) is 15.0. The van der Waals surface area contributed by atoms with Gasteiger partial charge in [-0.05, 0) is 31.9 Å². The first-order valence-corrected chi connectivity index (χ1v) is 6.60. The predicted octanol–water partition coefficient (Wildman–Crippen LogP) is 3.21. The Morgan fingerprint density at radius 3 is 2.84 bits per heavy atom. The standard InChI is InChI=1S/C15H14N4/c1-9-8-12(11-4-2-3-5-13(11)16-9)15-17-14(18-19-15)10-6-7-10/h2-5,8,10H,6-7H2,1H3,(H,17,18,19). The molecule has 1 saturated carbocycles. The summed E-state index contributed by atoms with van der Waals surface area (Å²) < 4.78 is 0. The Morgan fingerprint density at radius 2 is 2.00 bits per heavy atom. The molecule has 1 fully saturated rings. The number of para-hydroxylation sites is 1. The van der Waals surface area contributed by atoms with Crippen molar-refractivity contribution in [3.05, 3.63) is 41.9 Å². The molecule has 3 aromatic rings. The van der Waals surface area contributed by atoms with Crippen molar-refractivity contribution in [1.82, 2.24) is 20.2 Å². The van der Waals surface area contributed by atoms with E-state index >= 15 is 0 Å². The number of hydrogen-bond donors (Lipinski definition) is 1. The Balaban J connectivity index is 1.92. The van der Waals surface area contributed by atoms with Crippen LogP contribution in [0.4, 0.5) is 0 Å². The fourth-order valence-electron chi connectivity index (χ4n) is 2.43.